The number of hydroxylamine groups is 2. The van der Waals surface area contributed by atoms with Crippen LogP contribution in [-0.4, -0.2) is 97.5 Å². The number of rotatable bonds is 8. The predicted octanol–water partition coefficient (Wildman–Crippen LogP) is 3.10. The van der Waals surface area contributed by atoms with Crippen LogP contribution in [0.25, 0.3) is 0 Å². The molecule has 0 aliphatic heterocycles. The second kappa shape index (κ2) is 12.2. The largest absolute Gasteiger partial charge is 0.313 e. The molecule has 0 bridgehead atoms. The van der Waals surface area contributed by atoms with Gasteiger partial charge in [-0.25, -0.2) is 0 Å². The highest BCUT2D eigenvalue weighted by Gasteiger charge is 2.18. The maximum atomic E-state index is 9.51. The van der Waals surface area contributed by atoms with E-state index in [2.05, 4.69) is 56.6 Å². The zero-order chi connectivity index (χ0) is 19.6. The van der Waals surface area contributed by atoms with Gasteiger partial charge in [-0.1, -0.05) is 0 Å². The summed E-state index contributed by atoms with van der Waals surface area (Å²) < 4.78 is 0. The quantitative estimate of drug-likeness (QED) is 0.683. The highest BCUT2D eigenvalue weighted by Crippen LogP contribution is 2.10. The van der Waals surface area contributed by atoms with Crippen molar-refractivity contribution in [1.29, 1.82) is 0 Å². The minimum atomic E-state index is -0.133. The van der Waals surface area contributed by atoms with Gasteiger partial charge in [0.15, 0.2) is 0 Å². The van der Waals surface area contributed by atoms with Crippen molar-refractivity contribution in [2.24, 2.45) is 0 Å². The fourth-order valence-corrected chi connectivity index (χ4v) is 1.83. The van der Waals surface area contributed by atoms with Gasteiger partial charge in [-0.15, -0.1) is 0 Å². The Morgan fingerprint density at radius 2 is 0.958 bits per heavy atom. The maximum absolute atomic E-state index is 9.51. The lowest BCUT2D eigenvalue weighted by molar-refractivity contribution is -0.156. The van der Waals surface area contributed by atoms with Gasteiger partial charge in [-0.2, -0.15) is 5.06 Å². The Balaban J connectivity index is 0. The Morgan fingerprint density at radius 1 is 0.583 bits per heavy atom. The second-order valence-corrected chi connectivity index (χ2v) is 9.20. The normalized spacial score (nSPS) is 13.0. The van der Waals surface area contributed by atoms with Crippen molar-refractivity contribution in [1.82, 2.24) is 19.8 Å². The SMILES string of the molecule is CN(C)CCCN(C)C(C)(C)C.CN(C)CCCN(O)C(C)(C)C. The van der Waals surface area contributed by atoms with Crippen molar-refractivity contribution in [3.8, 4) is 0 Å². The van der Waals surface area contributed by atoms with Gasteiger partial charge < -0.3 is 19.9 Å². The maximum Gasteiger partial charge on any atom is 0.0376 e. The van der Waals surface area contributed by atoms with Crippen LogP contribution in [0.15, 0.2) is 0 Å². The molecule has 0 saturated heterocycles. The molecule has 148 valence electrons. The van der Waals surface area contributed by atoms with Gasteiger partial charge in [0.05, 0.1) is 0 Å². The molecule has 0 aromatic carbocycles. The third-order valence-corrected chi connectivity index (χ3v) is 3.99. The molecule has 5 heteroatoms. The van der Waals surface area contributed by atoms with Crippen LogP contribution in [0.2, 0.25) is 0 Å². The van der Waals surface area contributed by atoms with Crippen LogP contribution >= 0.6 is 0 Å². The van der Waals surface area contributed by atoms with Crippen LogP contribution in [0.5, 0.6) is 0 Å². The number of hydrogen-bond acceptors (Lipinski definition) is 5. The highest BCUT2D eigenvalue weighted by molar-refractivity contribution is 4.72. The lowest BCUT2D eigenvalue weighted by Gasteiger charge is -2.32. The molecule has 5 nitrogen and oxygen atoms in total. The topological polar surface area (TPSA) is 33.2 Å². The van der Waals surface area contributed by atoms with E-state index in [1.165, 1.54) is 24.6 Å². The second-order valence-electron chi connectivity index (χ2n) is 9.20. The van der Waals surface area contributed by atoms with Gasteiger partial charge in [-0.05, 0) is 109 Å². The lowest BCUT2D eigenvalue weighted by Crippen LogP contribution is -2.39. The fourth-order valence-electron chi connectivity index (χ4n) is 1.83. The zero-order valence-electron chi connectivity index (χ0n) is 18.5. The van der Waals surface area contributed by atoms with Crippen LogP contribution in [0.1, 0.15) is 54.4 Å². The lowest BCUT2D eigenvalue weighted by atomic mass is 10.1. The van der Waals surface area contributed by atoms with Crippen molar-refractivity contribution in [3.63, 3.8) is 0 Å². The van der Waals surface area contributed by atoms with E-state index in [4.69, 9.17) is 0 Å². The molecule has 0 fully saturated rings. The smallest absolute Gasteiger partial charge is 0.0376 e. The molecule has 0 radical (unpaired) electrons. The Bertz CT molecular complexity index is 263. The van der Waals surface area contributed by atoms with E-state index in [-0.39, 0.29) is 5.54 Å². The summed E-state index contributed by atoms with van der Waals surface area (Å²) in [7, 11) is 10.5. The van der Waals surface area contributed by atoms with Crippen LogP contribution in [0.3, 0.4) is 0 Å². The monoisotopic (exact) mass is 346 g/mol. The summed E-state index contributed by atoms with van der Waals surface area (Å²) in [4.78, 5) is 6.75. The molecule has 0 amide bonds. The van der Waals surface area contributed by atoms with Crippen molar-refractivity contribution >= 4 is 0 Å². The van der Waals surface area contributed by atoms with E-state index >= 15 is 0 Å². The summed E-state index contributed by atoms with van der Waals surface area (Å²) in [6.07, 6.45) is 2.25. The molecule has 0 aliphatic carbocycles. The molecular formula is C19H46N4O. The minimum absolute atomic E-state index is 0.133. The molecule has 0 aromatic rings. The molecule has 0 heterocycles. The van der Waals surface area contributed by atoms with E-state index in [9.17, 15) is 5.21 Å². The van der Waals surface area contributed by atoms with Gasteiger partial charge >= 0.3 is 0 Å². The van der Waals surface area contributed by atoms with E-state index in [0.29, 0.717) is 5.54 Å². The molecule has 0 rings (SSSR count). The van der Waals surface area contributed by atoms with Crippen molar-refractivity contribution in [3.05, 3.63) is 0 Å². The Labute approximate surface area is 152 Å². The van der Waals surface area contributed by atoms with Gasteiger partial charge in [0.1, 0.15) is 0 Å². The summed E-state index contributed by atoms with van der Waals surface area (Å²) in [5.74, 6) is 0. The summed E-state index contributed by atoms with van der Waals surface area (Å²) in [5, 5.41) is 10.9. The van der Waals surface area contributed by atoms with Crippen LogP contribution < -0.4 is 0 Å². The van der Waals surface area contributed by atoms with Gasteiger partial charge in [0, 0.05) is 17.6 Å². The predicted molar refractivity (Wildman–Crippen MR) is 107 cm³/mol. The van der Waals surface area contributed by atoms with E-state index in [0.717, 1.165) is 19.5 Å². The van der Waals surface area contributed by atoms with E-state index in [1.807, 2.05) is 34.9 Å². The number of hydrogen-bond donors (Lipinski definition) is 1. The molecule has 0 spiro atoms. The first-order valence-corrected chi connectivity index (χ1v) is 9.15. The summed E-state index contributed by atoms with van der Waals surface area (Å²) >= 11 is 0. The van der Waals surface area contributed by atoms with Crippen LogP contribution in [0.4, 0.5) is 0 Å². The first-order valence-electron chi connectivity index (χ1n) is 9.15. The highest BCUT2D eigenvalue weighted by atomic mass is 16.5. The van der Waals surface area contributed by atoms with Crippen molar-refractivity contribution < 1.29 is 5.21 Å². The third-order valence-electron chi connectivity index (χ3n) is 3.99. The first-order chi connectivity index (χ1) is 10.7. The molecule has 24 heavy (non-hydrogen) atoms. The standard InChI is InChI=1S/C10H24N2.C9H22N2O/c1-10(2,3)12(6)9-7-8-11(4)5;1-9(2,3)11(12)8-6-7-10(4)5/h7-9H2,1-6H3;12H,6-8H2,1-5H3. The van der Waals surface area contributed by atoms with Crippen molar-refractivity contribution in [2.45, 2.75) is 65.5 Å². The van der Waals surface area contributed by atoms with Gasteiger partial charge in [0.2, 0.25) is 0 Å². The molecule has 0 unspecified atom stereocenters. The summed E-state index contributed by atoms with van der Waals surface area (Å²) in [6.45, 7) is 16.9. The molecule has 1 N–H and O–H groups in total. The van der Waals surface area contributed by atoms with Gasteiger partial charge in [-0.3, -0.25) is 0 Å². The average Bonchev–Trinajstić information content (AvgIpc) is 2.36. The Hall–Kier alpha value is -0.200. The van der Waals surface area contributed by atoms with E-state index < -0.39 is 0 Å². The average molecular weight is 347 g/mol. The van der Waals surface area contributed by atoms with Gasteiger partial charge in [0.25, 0.3) is 0 Å². The fraction of sp³-hybridized carbons (Fsp3) is 1.00. The minimum Gasteiger partial charge on any atom is -0.313 e. The van der Waals surface area contributed by atoms with Crippen molar-refractivity contribution in [2.75, 3.05) is 61.4 Å². The van der Waals surface area contributed by atoms with E-state index in [1.54, 1.807) is 0 Å². The zero-order valence-corrected chi connectivity index (χ0v) is 18.5. The molecule has 0 aromatic heterocycles. The third kappa shape index (κ3) is 16.7. The Kier molecular flexibility index (Phi) is 13.2. The number of nitrogens with zero attached hydrogens (tertiary/aromatic N) is 4. The summed E-state index contributed by atoms with van der Waals surface area (Å²) in [5.41, 5.74) is 0.179. The molecule has 0 saturated carbocycles. The Morgan fingerprint density at radius 3 is 1.25 bits per heavy atom. The molecular weight excluding hydrogens is 300 g/mol. The van der Waals surface area contributed by atoms with Crippen LogP contribution in [-0.2, 0) is 0 Å². The molecule has 0 aliphatic rings. The summed E-state index contributed by atoms with van der Waals surface area (Å²) in [6, 6.07) is 0. The molecule has 0 atom stereocenters. The van der Waals surface area contributed by atoms with Crippen LogP contribution in [0, 0.1) is 0 Å². The first kappa shape index (κ1) is 26.0.